The number of benzene rings is 2. The summed E-state index contributed by atoms with van der Waals surface area (Å²) in [5, 5.41) is 3.54. The van der Waals surface area contributed by atoms with Gasteiger partial charge < -0.3 is 10.3 Å². The lowest BCUT2D eigenvalue weighted by Gasteiger charge is -2.15. The van der Waals surface area contributed by atoms with Crippen molar-refractivity contribution < 1.29 is 13.6 Å². The minimum absolute atomic E-state index is 0.0164. The van der Waals surface area contributed by atoms with Crippen LogP contribution in [0.4, 0.5) is 8.78 Å². The minimum Gasteiger partial charge on any atom is -0.349 e. The average molecular weight is 472 g/mol. The number of carbonyl (C=O) groups excluding carboxylic acids is 1. The molecule has 1 amide bonds. The van der Waals surface area contributed by atoms with Crippen molar-refractivity contribution in [2.45, 2.75) is 25.0 Å². The molecule has 9 heteroatoms. The number of fused-ring (bicyclic) bond motifs is 1. The number of hydrogen-bond acceptors (Lipinski definition) is 5. The fraction of sp³-hybridized carbons (Fsp3) is 0.174. The normalized spacial score (nSPS) is 12.1. The molecule has 4 aromatic rings. The van der Waals surface area contributed by atoms with Crippen LogP contribution in [-0.2, 0) is 4.79 Å². The van der Waals surface area contributed by atoms with Crippen molar-refractivity contribution in [3.05, 3.63) is 81.0 Å². The molecule has 0 radical (unpaired) electrons. The van der Waals surface area contributed by atoms with E-state index in [0.717, 1.165) is 39.9 Å². The first-order valence-corrected chi connectivity index (χ1v) is 11.6. The van der Waals surface area contributed by atoms with Crippen LogP contribution in [0.15, 0.2) is 58.5 Å². The molecular formula is C23H19F2N3O2S2. The Morgan fingerprint density at radius 1 is 1.22 bits per heavy atom. The molecule has 2 aromatic carbocycles. The molecule has 2 N–H and O–H groups in total. The van der Waals surface area contributed by atoms with Crippen LogP contribution in [0, 0.1) is 18.6 Å². The van der Waals surface area contributed by atoms with E-state index < -0.39 is 17.7 Å². The maximum absolute atomic E-state index is 13.9. The molecule has 0 saturated heterocycles. The van der Waals surface area contributed by atoms with Gasteiger partial charge in [0, 0.05) is 22.1 Å². The lowest BCUT2D eigenvalue weighted by Crippen LogP contribution is -2.29. The van der Waals surface area contributed by atoms with E-state index >= 15 is 0 Å². The van der Waals surface area contributed by atoms with Gasteiger partial charge in [0.2, 0.25) is 5.91 Å². The van der Waals surface area contributed by atoms with Crippen molar-refractivity contribution in [2.24, 2.45) is 0 Å². The number of thiophene rings is 1. The van der Waals surface area contributed by atoms with E-state index in [-0.39, 0.29) is 22.8 Å². The van der Waals surface area contributed by atoms with Gasteiger partial charge in [0.15, 0.2) is 5.16 Å². The molecule has 0 aliphatic rings. The van der Waals surface area contributed by atoms with Gasteiger partial charge in [0.05, 0.1) is 17.2 Å². The van der Waals surface area contributed by atoms with Gasteiger partial charge in [-0.15, -0.1) is 11.3 Å². The predicted octanol–water partition coefficient (Wildman–Crippen LogP) is 5.21. The van der Waals surface area contributed by atoms with E-state index in [1.54, 1.807) is 6.92 Å². The Hall–Kier alpha value is -3.04. The van der Waals surface area contributed by atoms with E-state index in [1.165, 1.54) is 17.4 Å². The Morgan fingerprint density at radius 2 is 1.97 bits per heavy atom. The first-order chi connectivity index (χ1) is 15.3. The van der Waals surface area contributed by atoms with Crippen LogP contribution in [0.5, 0.6) is 0 Å². The number of nitrogens with zero attached hydrogens (tertiary/aromatic N) is 1. The number of H-pyrrole nitrogens is 1. The summed E-state index contributed by atoms with van der Waals surface area (Å²) in [6, 6.07) is 12.3. The zero-order valence-electron chi connectivity index (χ0n) is 17.2. The molecule has 0 bridgehead atoms. The standard InChI is InChI=1S/C23H19F2N3O2S2/c1-12(16-9-8-15(24)10-17(16)25)26-18(29)11-31-23-27-21(30)20-19(13(2)32-22(20)28-23)14-6-4-3-5-7-14/h3-10,12H,11H2,1-2H3,(H,26,29)(H,27,28,30)/t12-/m1/s1. The van der Waals surface area contributed by atoms with E-state index in [9.17, 15) is 18.4 Å². The van der Waals surface area contributed by atoms with Crippen LogP contribution in [0.2, 0.25) is 0 Å². The zero-order chi connectivity index (χ0) is 22.8. The predicted molar refractivity (Wildman–Crippen MR) is 124 cm³/mol. The summed E-state index contributed by atoms with van der Waals surface area (Å²) in [7, 11) is 0. The van der Waals surface area contributed by atoms with Crippen molar-refractivity contribution in [1.82, 2.24) is 15.3 Å². The Morgan fingerprint density at radius 3 is 2.69 bits per heavy atom. The summed E-state index contributed by atoms with van der Waals surface area (Å²) in [6.45, 7) is 3.56. The van der Waals surface area contributed by atoms with Gasteiger partial charge >= 0.3 is 0 Å². The molecule has 0 aliphatic heterocycles. The Bertz CT molecular complexity index is 1350. The highest BCUT2D eigenvalue weighted by molar-refractivity contribution is 7.99. The Balaban J connectivity index is 1.49. The number of thioether (sulfide) groups is 1. The first-order valence-electron chi connectivity index (χ1n) is 9.79. The van der Waals surface area contributed by atoms with Gasteiger partial charge in [-0.05, 0) is 25.5 Å². The van der Waals surface area contributed by atoms with Crippen molar-refractivity contribution >= 4 is 39.2 Å². The number of amides is 1. The topological polar surface area (TPSA) is 74.8 Å². The molecule has 2 heterocycles. The van der Waals surface area contributed by atoms with Gasteiger partial charge in [-0.25, -0.2) is 13.8 Å². The Labute approximate surface area is 190 Å². The number of aromatic nitrogens is 2. The fourth-order valence-corrected chi connectivity index (χ4v) is 5.24. The van der Waals surface area contributed by atoms with Crippen molar-refractivity contribution in [2.75, 3.05) is 5.75 Å². The average Bonchev–Trinajstić information content (AvgIpc) is 3.09. The monoisotopic (exact) mass is 471 g/mol. The number of hydrogen-bond donors (Lipinski definition) is 2. The highest BCUT2D eigenvalue weighted by Gasteiger charge is 2.18. The van der Waals surface area contributed by atoms with E-state index in [0.29, 0.717) is 15.4 Å². The van der Waals surface area contributed by atoms with Crippen LogP contribution >= 0.6 is 23.1 Å². The fourth-order valence-electron chi connectivity index (χ4n) is 3.47. The quantitative estimate of drug-likeness (QED) is 0.299. The van der Waals surface area contributed by atoms with Gasteiger partial charge in [0.25, 0.3) is 5.56 Å². The smallest absolute Gasteiger partial charge is 0.260 e. The zero-order valence-corrected chi connectivity index (χ0v) is 18.9. The van der Waals surface area contributed by atoms with Crippen LogP contribution in [0.1, 0.15) is 23.4 Å². The maximum atomic E-state index is 13.9. The van der Waals surface area contributed by atoms with Crippen molar-refractivity contribution in [3.8, 4) is 11.1 Å². The molecule has 164 valence electrons. The highest BCUT2D eigenvalue weighted by atomic mass is 32.2. The molecule has 0 unspecified atom stereocenters. The second-order valence-electron chi connectivity index (χ2n) is 7.19. The summed E-state index contributed by atoms with van der Waals surface area (Å²) in [5.41, 5.74) is 1.75. The molecule has 32 heavy (non-hydrogen) atoms. The van der Waals surface area contributed by atoms with Gasteiger partial charge in [0.1, 0.15) is 16.5 Å². The third kappa shape index (κ3) is 4.58. The number of carbonyl (C=O) groups is 1. The van der Waals surface area contributed by atoms with Crippen LogP contribution in [0.25, 0.3) is 21.3 Å². The number of rotatable bonds is 6. The van der Waals surface area contributed by atoms with Crippen molar-refractivity contribution in [1.29, 1.82) is 0 Å². The molecule has 0 spiro atoms. The Kier molecular flexibility index (Phi) is 6.38. The molecular weight excluding hydrogens is 452 g/mol. The van der Waals surface area contributed by atoms with E-state index in [1.807, 2.05) is 37.3 Å². The molecule has 2 aromatic heterocycles. The summed E-state index contributed by atoms with van der Waals surface area (Å²) >= 11 is 2.52. The molecule has 4 rings (SSSR count). The largest absolute Gasteiger partial charge is 0.349 e. The van der Waals surface area contributed by atoms with E-state index in [2.05, 4.69) is 15.3 Å². The second kappa shape index (κ2) is 9.22. The highest BCUT2D eigenvalue weighted by Crippen LogP contribution is 2.35. The second-order valence-corrected chi connectivity index (χ2v) is 9.36. The summed E-state index contributed by atoms with van der Waals surface area (Å²) in [5.74, 6) is -1.77. The van der Waals surface area contributed by atoms with Crippen LogP contribution < -0.4 is 10.9 Å². The minimum atomic E-state index is -0.718. The van der Waals surface area contributed by atoms with Crippen LogP contribution in [-0.4, -0.2) is 21.6 Å². The van der Waals surface area contributed by atoms with Crippen molar-refractivity contribution in [3.63, 3.8) is 0 Å². The SMILES string of the molecule is Cc1sc2nc(SCC(=O)N[C@H](C)c3ccc(F)cc3F)[nH]c(=O)c2c1-c1ccccc1. The van der Waals surface area contributed by atoms with Gasteiger partial charge in [-0.3, -0.25) is 9.59 Å². The number of halogens is 2. The third-order valence-corrected chi connectivity index (χ3v) is 6.80. The summed E-state index contributed by atoms with van der Waals surface area (Å²) in [6.07, 6.45) is 0. The lowest BCUT2D eigenvalue weighted by atomic mass is 10.0. The molecule has 0 saturated carbocycles. The first kappa shape index (κ1) is 22.2. The number of nitrogens with one attached hydrogen (secondary N) is 2. The maximum Gasteiger partial charge on any atom is 0.260 e. The summed E-state index contributed by atoms with van der Waals surface area (Å²) < 4.78 is 27.0. The van der Waals surface area contributed by atoms with Gasteiger partial charge in [-0.2, -0.15) is 0 Å². The molecule has 5 nitrogen and oxygen atoms in total. The lowest BCUT2D eigenvalue weighted by molar-refractivity contribution is -0.119. The van der Waals surface area contributed by atoms with Gasteiger partial charge in [-0.1, -0.05) is 48.2 Å². The summed E-state index contributed by atoms with van der Waals surface area (Å²) in [4.78, 5) is 34.0. The van der Waals surface area contributed by atoms with E-state index in [4.69, 9.17) is 0 Å². The third-order valence-electron chi connectivity index (χ3n) is 4.93. The molecule has 0 aliphatic carbocycles. The molecule has 0 fully saturated rings. The van der Waals surface area contributed by atoms with Crippen LogP contribution in [0.3, 0.4) is 0 Å². The number of aromatic amines is 1. The molecule has 1 atom stereocenters. The number of aryl methyl sites for hydroxylation is 1.